The minimum Gasteiger partial charge on any atom is -0.329 e. The molecule has 0 aliphatic heterocycles. The molecule has 112 valence electrons. The Hall–Kier alpha value is -2.10. The fourth-order valence-corrected chi connectivity index (χ4v) is 2.99. The Morgan fingerprint density at radius 3 is 2.45 bits per heavy atom. The molecule has 3 nitrogen and oxygen atoms in total. The maximum absolute atomic E-state index is 6.34. The summed E-state index contributed by atoms with van der Waals surface area (Å²) in [5.74, 6) is 0.0312. The largest absolute Gasteiger partial charge is 0.329 e. The second-order valence-corrected chi connectivity index (χ2v) is 5.66. The first-order valence-electron chi connectivity index (χ1n) is 7.24. The first-order chi connectivity index (χ1) is 10.7. The Kier molecular flexibility index (Phi) is 4.27. The molecule has 0 saturated carbocycles. The molecule has 1 heterocycles. The van der Waals surface area contributed by atoms with Gasteiger partial charge in [-0.1, -0.05) is 60.1 Å². The molecular formula is C18H18ClN3. The van der Waals surface area contributed by atoms with E-state index < -0.39 is 0 Å². The van der Waals surface area contributed by atoms with Crippen LogP contribution in [0, 0.1) is 0 Å². The van der Waals surface area contributed by atoms with E-state index in [0.717, 1.165) is 27.5 Å². The van der Waals surface area contributed by atoms with Crippen molar-refractivity contribution in [2.75, 3.05) is 6.54 Å². The number of hydrogen-bond acceptors (Lipinski definition) is 2. The normalized spacial score (nSPS) is 12.3. The summed E-state index contributed by atoms with van der Waals surface area (Å²) in [6.07, 6.45) is 0. The molecule has 3 aromatic rings. The van der Waals surface area contributed by atoms with Gasteiger partial charge < -0.3 is 5.73 Å². The van der Waals surface area contributed by atoms with E-state index in [4.69, 9.17) is 17.3 Å². The van der Waals surface area contributed by atoms with Crippen LogP contribution >= 0.6 is 11.6 Å². The number of hydrogen-bond donors (Lipinski definition) is 1. The van der Waals surface area contributed by atoms with Gasteiger partial charge in [-0.2, -0.15) is 5.10 Å². The van der Waals surface area contributed by atoms with Gasteiger partial charge in [-0.3, -0.25) is 4.68 Å². The molecule has 1 aromatic heterocycles. The lowest BCUT2D eigenvalue weighted by molar-refractivity contribution is 0.665. The summed E-state index contributed by atoms with van der Waals surface area (Å²) < 4.78 is 1.89. The topological polar surface area (TPSA) is 43.8 Å². The van der Waals surface area contributed by atoms with E-state index >= 15 is 0 Å². The number of rotatable bonds is 4. The van der Waals surface area contributed by atoms with Crippen LogP contribution in [0.2, 0.25) is 5.02 Å². The van der Waals surface area contributed by atoms with Crippen LogP contribution in [0.4, 0.5) is 0 Å². The number of halogens is 1. The highest BCUT2D eigenvalue weighted by Gasteiger charge is 2.20. The molecular weight excluding hydrogens is 294 g/mol. The molecule has 0 fully saturated rings. The monoisotopic (exact) mass is 311 g/mol. The van der Waals surface area contributed by atoms with Crippen LogP contribution in [0.25, 0.3) is 11.3 Å². The zero-order valence-electron chi connectivity index (χ0n) is 12.4. The maximum atomic E-state index is 6.34. The quantitative estimate of drug-likeness (QED) is 0.795. The lowest BCUT2D eigenvalue weighted by Gasteiger charge is -2.16. The zero-order valence-corrected chi connectivity index (χ0v) is 13.2. The summed E-state index contributed by atoms with van der Waals surface area (Å²) in [4.78, 5) is 0. The third-order valence-electron chi connectivity index (χ3n) is 3.86. The number of nitrogens with two attached hydrogens (primary N) is 1. The summed E-state index contributed by atoms with van der Waals surface area (Å²) >= 11 is 6.34. The molecule has 2 aromatic carbocycles. The number of aryl methyl sites for hydroxylation is 1. The van der Waals surface area contributed by atoms with Crippen molar-refractivity contribution in [1.82, 2.24) is 9.78 Å². The van der Waals surface area contributed by atoms with E-state index in [2.05, 4.69) is 23.3 Å². The van der Waals surface area contributed by atoms with Crippen LogP contribution in [0.5, 0.6) is 0 Å². The molecule has 0 spiro atoms. The van der Waals surface area contributed by atoms with Crippen LogP contribution < -0.4 is 5.73 Å². The molecule has 22 heavy (non-hydrogen) atoms. The second kappa shape index (κ2) is 6.34. The SMILES string of the molecule is Cn1nc(-c2ccccc2)cc1C(CN)c1ccccc1Cl. The molecule has 0 amide bonds. The van der Waals surface area contributed by atoms with Gasteiger partial charge in [0.2, 0.25) is 0 Å². The lowest BCUT2D eigenvalue weighted by Crippen LogP contribution is -2.17. The summed E-state index contributed by atoms with van der Waals surface area (Å²) in [6.45, 7) is 0.484. The third-order valence-corrected chi connectivity index (χ3v) is 4.20. The van der Waals surface area contributed by atoms with Gasteiger partial charge in [0.25, 0.3) is 0 Å². The van der Waals surface area contributed by atoms with Crippen LogP contribution in [0.15, 0.2) is 60.7 Å². The van der Waals surface area contributed by atoms with Crippen molar-refractivity contribution in [3.8, 4) is 11.3 Å². The highest BCUT2D eigenvalue weighted by atomic mass is 35.5. The van der Waals surface area contributed by atoms with Crippen molar-refractivity contribution >= 4 is 11.6 Å². The van der Waals surface area contributed by atoms with Crippen molar-refractivity contribution in [2.45, 2.75) is 5.92 Å². The van der Waals surface area contributed by atoms with Crippen LogP contribution in [0.3, 0.4) is 0 Å². The van der Waals surface area contributed by atoms with Gasteiger partial charge in [-0.25, -0.2) is 0 Å². The standard InChI is InChI=1S/C18H18ClN3/c1-22-18(11-17(21-22)13-7-3-2-4-8-13)15(12-20)14-9-5-6-10-16(14)19/h2-11,15H,12,20H2,1H3. The molecule has 0 aliphatic rings. The van der Waals surface area contributed by atoms with E-state index in [1.54, 1.807) is 0 Å². The van der Waals surface area contributed by atoms with E-state index in [9.17, 15) is 0 Å². The molecule has 0 radical (unpaired) electrons. The van der Waals surface area contributed by atoms with Crippen LogP contribution in [-0.2, 0) is 7.05 Å². The number of benzene rings is 2. The fraction of sp³-hybridized carbons (Fsp3) is 0.167. The Morgan fingerprint density at radius 2 is 1.77 bits per heavy atom. The van der Waals surface area contributed by atoms with Crippen molar-refractivity contribution in [3.63, 3.8) is 0 Å². The minimum atomic E-state index is 0.0312. The molecule has 2 N–H and O–H groups in total. The average molecular weight is 312 g/mol. The summed E-state index contributed by atoms with van der Waals surface area (Å²) in [5.41, 5.74) is 10.2. The van der Waals surface area contributed by atoms with E-state index in [-0.39, 0.29) is 5.92 Å². The Morgan fingerprint density at radius 1 is 1.09 bits per heavy atom. The molecule has 3 rings (SSSR count). The highest BCUT2D eigenvalue weighted by Crippen LogP contribution is 2.31. The minimum absolute atomic E-state index is 0.0312. The van der Waals surface area contributed by atoms with Gasteiger partial charge in [0.15, 0.2) is 0 Å². The van der Waals surface area contributed by atoms with Crippen molar-refractivity contribution in [1.29, 1.82) is 0 Å². The Balaban J connectivity index is 2.04. The van der Waals surface area contributed by atoms with Gasteiger partial charge in [-0.05, 0) is 17.7 Å². The fourth-order valence-electron chi connectivity index (χ4n) is 2.72. The maximum Gasteiger partial charge on any atom is 0.0926 e. The summed E-state index contributed by atoms with van der Waals surface area (Å²) in [6, 6.07) is 20.1. The predicted molar refractivity (Wildman–Crippen MR) is 91.0 cm³/mol. The van der Waals surface area contributed by atoms with Crippen molar-refractivity contribution in [2.24, 2.45) is 12.8 Å². The average Bonchev–Trinajstić information content (AvgIpc) is 2.93. The van der Waals surface area contributed by atoms with Gasteiger partial charge in [-0.15, -0.1) is 0 Å². The number of aromatic nitrogens is 2. The lowest BCUT2D eigenvalue weighted by atomic mass is 9.95. The molecule has 0 aliphatic carbocycles. The van der Waals surface area contributed by atoms with Gasteiger partial charge in [0.05, 0.1) is 5.69 Å². The molecule has 1 atom stereocenters. The summed E-state index contributed by atoms with van der Waals surface area (Å²) in [7, 11) is 1.95. The molecule has 4 heteroatoms. The molecule has 0 bridgehead atoms. The third kappa shape index (κ3) is 2.78. The van der Waals surface area contributed by atoms with Gasteiger partial charge in [0, 0.05) is 35.8 Å². The summed E-state index contributed by atoms with van der Waals surface area (Å²) in [5, 5.41) is 5.36. The van der Waals surface area contributed by atoms with E-state index in [1.807, 2.05) is 54.2 Å². The van der Waals surface area contributed by atoms with Crippen LogP contribution in [0.1, 0.15) is 17.2 Å². The van der Waals surface area contributed by atoms with Gasteiger partial charge in [0.1, 0.15) is 0 Å². The first kappa shape index (κ1) is 14.8. The predicted octanol–water partition coefficient (Wildman–Crippen LogP) is 3.83. The highest BCUT2D eigenvalue weighted by molar-refractivity contribution is 6.31. The van der Waals surface area contributed by atoms with E-state index in [1.165, 1.54) is 0 Å². The van der Waals surface area contributed by atoms with E-state index in [0.29, 0.717) is 6.54 Å². The Labute approximate surface area is 135 Å². The molecule has 0 saturated heterocycles. The first-order valence-corrected chi connectivity index (χ1v) is 7.62. The molecule has 1 unspecified atom stereocenters. The van der Waals surface area contributed by atoms with Crippen molar-refractivity contribution < 1.29 is 0 Å². The second-order valence-electron chi connectivity index (χ2n) is 5.25. The smallest absolute Gasteiger partial charge is 0.0926 e. The number of nitrogens with zero attached hydrogens (tertiary/aromatic N) is 2. The Bertz CT molecular complexity index is 765. The van der Waals surface area contributed by atoms with Crippen molar-refractivity contribution in [3.05, 3.63) is 76.9 Å². The van der Waals surface area contributed by atoms with Crippen LogP contribution in [-0.4, -0.2) is 16.3 Å². The van der Waals surface area contributed by atoms with Gasteiger partial charge >= 0.3 is 0 Å². The zero-order chi connectivity index (χ0) is 15.5.